The highest BCUT2D eigenvalue weighted by molar-refractivity contribution is 8.13. The van der Waals surface area contributed by atoms with E-state index >= 15 is 0 Å². The lowest BCUT2D eigenvalue weighted by Crippen LogP contribution is -2.04. The highest BCUT2D eigenvalue weighted by Gasteiger charge is 2.25. The molecule has 0 aromatic carbocycles. The number of fused-ring (bicyclic) bond motifs is 1. The maximum Gasteiger partial charge on any atom is 0.280 e. The van der Waals surface area contributed by atoms with Gasteiger partial charge in [0.05, 0.1) is 5.69 Å². The van der Waals surface area contributed by atoms with E-state index < -0.39 is 9.05 Å². The Morgan fingerprint density at radius 1 is 1.44 bits per heavy atom. The molecule has 7 heteroatoms. The maximum absolute atomic E-state index is 11.5. The largest absolute Gasteiger partial charge is 0.280 e. The molecule has 0 amide bonds. The lowest BCUT2D eigenvalue weighted by atomic mass is 10.2. The fraction of sp³-hybridized carbons (Fsp3) is 0.333. The minimum atomic E-state index is -3.85. The van der Waals surface area contributed by atoms with Gasteiger partial charge in [0.15, 0.2) is 10.7 Å². The van der Waals surface area contributed by atoms with Gasteiger partial charge in [-0.15, -0.1) is 0 Å². The first kappa shape index (κ1) is 11.3. The Morgan fingerprint density at radius 2 is 2.12 bits per heavy atom. The summed E-state index contributed by atoms with van der Waals surface area (Å²) in [4.78, 5) is 4.22. The number of hydrogen-bond acceptors (Lipinski definition) is 4. The van der Waals surface area contributed by atoms with Crippen molar-refractivity contribution in [1.29, 1.82) is 0 Å². The van der Waals surface area contributed by atoms with E-state index in [-0.39, 0.29) is 10.9 Å². The zero-order chi connectivity index (χ0) is 11.9. The third kappa shape index (κ3) is 1.78. The molecular weight excluding hydrogens is 250 g/mol. The van der Waals surface area contributed by atoms with Gasteiger partial charge in [0.2, 0.25) is 0 Å². The number of nitrogens with zero attached hydrogens (tertiary/aromatic N) is 3. The molecule has 2 heterocycles. The van der Waals surface area contributed by atoms with E-state index in [9.17, 15) is 8.42 Å². The first-order valence-corrected chi connectivity index (χ1v) is 7.00. The van der Waals surface area contributed by atoms with Crippen molar-refractivity contribution in [3.05, 3.63) is 24.0 Å². The van der Waals surface area contributed by atoms with Crippen LogP contribution in [0.1, 0.15) is 25.5 Å². The monoisotopic (exact) mass is 259 g/mol. The third-order valence-electron chi connectivity index (χ3n) is 2.15. The van der Waals surface area contributed by atoms with E-state index in [2.05, 4.69) is 10.1 Å². The summed E-state index contributed by atoms with van der Waals surface area (Å²) in [6, 6.07) is 3.38. The zero-order valence-corrected chi connectivity index (χ0v) is 10.3. The summed E-state index contributed by atoms with van der Waals surface area (Å²) in [6.45, 7) is 3.71. The second-order valence-corrected chi connectivity index (χ2v) is 6.17. The van der Waals surface area contributed by atoms with Crippen LogP contribution in [0.5, 0.6) is 0 Å². The lowest BCUT2D eigenvalue weighted by Gasteiger charge is -2.02. The van der Waals surface area contributed by atoms with E-state index in [4.69, 9.17) is 10.7 Å². The molecule has 0 N–H and O–H groups in total. The molecule has 0 aliphatic rings. The van der Waals surface area contributed by atoms with Crippen molar-refractivity contribution in [2.24, 2.45) is 0 Å². The van der Waals surface area contributed by atoms with E-state index in [0.717, 1.165) is 0 Å². The fourth-order valence-corrected chi connectivity index (χ4v) is 2.80. The summed E-state index contributed by atoms with van der Waals surface area (Å²) in [5, 5.41) is 3.90. The molecule has 0 aliphatic carbocycles. The molecule has 0 radical (unpaired) electrons. The van der Waals surface area contributed by atoms with Gasteiger partial charge in [0, 0.05) is 16.9 Å². The molecular formula is C9H10ClN3O2S. The first-order chi connectivity index (χ1) is 7.41. The van der Waals surface area contributed by atoms with Crippen molar-refractivity contribution in [2.75, 3.05) is 0 Å². The maximum atomic E-state index is 11.5. The van der Waals surface area contributed by atoms with E-state index in [1.807, 2.05) is 13.8 Å². The van der Waals surface area contributed by atoms with Crippen LogP contribution in [0.2, 0.25) is 0 Å². The molecule has 86 valence electrons. The number of rotatable bonds is 2. The first-order valence-electron chi connectivity index (χ1n) is 4.69. The van der Waals surface area contributed by atoms with Crippen LogP contribution in [0.25, 0.3) is 5.65 Å². The van der Waals surface area contributed by atoms with Crippen molar-refractivity contribution in [3.8, 4) is 0 Å². The van der Waals surface area contributed by atoms with Crippen LogP contribution in [0.4, 0.5) is 0 Å². The summed E-state index contributed by atoms with van der Waals surface area (Å²) in [6.07, 6.45) is 1.49. The standard InChI is InChI=1S/C9H10ClN3O2S/c1-6(2)8-9(16(10,14)15)13-7(12-8)4-3-5-11-13/h3-6H,1-2H3. The molecule has 0 saturated heterocycles. The smallest absolute Gasteiger partial charge is 0.230 e. The predicted molar refractivity (Wildman–Crippen MR) is 60.1 cm³/mol. The van der Waals surface area contributed by atoms with Crippen LogP contribution >= 0.6 is 10.7 Å². The highest BCUT2D eigenvalue weighted by Crippen LogP contribution is 2.26. The Hall–Kier alpha value is -1.14. The van der Waals surface area contributed by atoms with Crippen LogP contribution in [0.3, 0.4) is 0 Å². The lowest BCUT2D eigenvalue weighted by molar-refractivity contribution is 0.598. The van der Waals surface area contributed by atoms with Crippen molar-refractivity contribution in [2.45, 2.75) is 24.8 Å². The molecule has 2 aromatic rings. The zero-order valence-electron chi connectivity index (χ0n) is 8.75. The Balaban J connectivity index is 2.91. The normalized spacial score (nSPS) is 12.5. The van der Waals surface area contributed by atoms with Gasteiger partial charge < -0.3 is 0 Å². The van der Waals surface area contributed by atoms with Gasteiger partial charge in [-0.1, -0.05) is 13.8 Å². The molecule has 5 nitrogen and oxygen atoms in total. The Labute approximate surface area is 97.5 Å². The number of imidazole rings is 1. The topological polar surface area (TPSA) is 64.3 Å². The number of halogens is 1. The van der Waals surface area contributed by atoms with E-state index in [1.54, 1.807) is 12.1 Å². The minimum absolute atomic E-state index is 0.0368. The van der Waals surface area contributed by atoms with Crippen LogP contribution in [-0.2, 0) is 9.05 Å². The van der Waals surface area contributed by atoms with Crippen LogP contribution < -0.4 is 0 Å². The fourth-order valence-electron chi connectivity index (χ4n) is 1.49. The van der Waals surface area contributed by atoms with Gasteiger partial charge in [-0.25, -0.2) is 17.9 Å². The average molecular weight is 260 g/mol. The Morgan fingerprint density at radius 3 is 2.69 bits per heavy atom. The van der Waals surface area contributed by atoms with E-state index in [1.165, 1.54) is 10.7 Å². The third-order valence-corrected chi connectivity index (χ3v) is 3.44. The molecule has 16 heavy (non-hydrogen) atoms. The molecule has 0 atom stereocenters. The van der Waals surface area contributed by atoms with Crippen LogP contribution in [0.15, 0.2) is 23.4 Å². The van der Waals surface area contributed by atoms with Crippen molar-refractivity contribution in [1.82, 2.24) is 14.6 Å². The second-order valence-electron chi connectivity index (χ2n) is 3.69. The Kier molecular flexibility index (Phi) is 2.63. The summed E-state index contributed by atoms with van der Waals surface area (Å²) in [5.41, 5.74) is 0.916. The van der Waals surface area contributed by atoms with Gasteiger partial charge >= 0.3 is 0 Å². The average Bonchev–Trinajstić information content (AvgIpc) is 2.55. The Bertz CT molecular complexity index is 633. The number of aromatic nitrogens is 3. The molecule has 0 spiro atoms. The summed E-state index contributed by atoms with van der Waals surface area (Å²) in [5.74, 6) is -0.0368. The SMILES string of the molecule is CC(C)c1nc2cccnn2c1S(=O)(=O)Cl. The summed E-state index contributed by atoms with van der Waals surface area (Å²) in [7, 11) is 1.55. The summed E-state index contributed by atoms with van der Waals surface area (Å²) >= 11 is 0. The molecule has 0 saturated carbocycles. The van der Waals surface area contributed by atoms with Gasteiger partial charge in [-0.3, -0.25) is 0 Å². The second kappa shape index (κ2) is 3.71. The molecule has 2 aromatic heterocycles. The predicted octanol–water partition coefficient (Wildman–Crippen LogP) is 1.78. The molecule has 0 aliphatic heterocycles. The van der Waals surface area contributed by atoms with Crippen molar-refractivity contribution >= 4 is 25.4 Å². The minimum Gasteiger partial charge on any atom is -0.230 e. The molecule has 0 unspecified atom stereocenters. The highest BCUT2D eigenvalue weighted by atomic mass is 35.7. The van der Waals surface area contributed by atoms with Crippen LogP contribution in [0, 0.1) is 0 Å². The quantitative estimate of drug-likeness (QED) is 0.771. The van der Waals surface area contributed by atoms with E-state index in [0.29, 0.717) is 11.3 Å². The molecule has 0 bridgehead atoms. The van der Waals surface area contributed by atoms with Crippen LogP contribution in [-0.4, -0.2) is 23.0 Å². The van der Waals surface area contributed by atoms with Gasteiger partial charge in [-0.05, 0) is 18.1 Å². The number of hydrogen-bond donors (Lipinski definition) is 0. The van der Waals surface area contributed by atoms with Gasteiger partial charge in [-0.2, -0.15) is 5.10 Å². The van der Waals surface area contributed by atoms with Gasteiger partial charge in [0.25, 0.3) is 9.05 Å². The molecule has 0 fully saturated rings. The van der Waals surface area contributed by atoms with Crippen molar-refractivity contribution in [3.63, 3.8) is 0 Å². The molecule has 2 rings (SSSR count). The summed E-state index contributed by atoms with van der Waals surface area (Å²) < 4.78 is 24.2. The van der Waals surface area contributed by atoms with Gasteiger partial charge in [0.1, 0.15) is 0 Å². The van der Waals surface area contributed by atoms with Crippen molar-refractivity contribution < 1.29 is 8.42 Å².